The van der Waals surface area contributed by atoms with Crippen LogP contribution < -0.4 is 10.2 Å². The van der Waals surface area contributed by atoms with Gasteiger partial charge in [0.2, 0.25) is 0 Å². The van der Waals surface area contributed by atoms with Crippen molar-refractivity contribution in [2.45, 2.75) is 52.2 Å². The summed E-state index contributed by atoms with van der Waals surface area (Å²) in [5.41, 5.74) is 2.55. The zero-order valence-corrected chi connectivity index (χ0v) is 11.3. The van der Waals surface area contributed by atoms with Gasteiger partial charge in [-0.1, -0.05) is 13.8 Å². The van der Waals surface area contributed by atoms with Gasteiger partial charge in [0.05, 0.1) is 0 Å². The van der Waals surface area contributed by atoms with Crippen LogP contribution in [-0.4, -0.2) is 24.1 Å². The molecule has 0 amide bonds. The summed E-state index contributed by atoms with van der Waals surface area (Å²) < 4.78 is 0. The smallest absolute Gasteiger partial charge is 0.131 e. The first kappa shape index (κ1) is 12.4. The minimum atomic E-state index is 0.518. The Balaban J connectivity index is 2.05. The average Bonchev–Trinajstić information content (AvgIpc) is 3.09. The lowest BCUT2D eigenvalue weighted by atomic mass is 10.2. The fraction of sp³-hybridized carbons (Fsp3) is 0.643. The molecular formula is C14H23N3. The molecular weight excluding hydrogens is 210 g/mol. The predicted molar refractivity (Wildman–Crippen MR) is 72.4 cm³/mol. The Hall–Kier alpha value is -1.09. The van der Waals surface area contributed by atoms with E-state index in [1.165, 1.54) is 24.0 Å². The van der Waals surface area contributed by atoms with Crippen molar-refractivity contribution in [3.8, 4) is 0 Å². The number of pyridine rings is 1. The third-order valence-electron chi connectivity index (χ3n) is 3.25. The van der Waals surface area contributed by atoms with Gasteiger partial charge in [0.25, 0.3) is 0 Å². The van der Waals surface area contributed by atoms with Crippen molar-refractivity contribution in [1.29, 1.82) is 0 Å². The molecule has 1 aromatic rings. The van der Waals surface area contributed by atoms with E-state index in [0.29, 0.717) is 6.04 Å². The van der Waals surface area contributed by atoms with Crippen LogP contribution >= 0.6 is 0 Å². The molecule has 0 radical (unpaired) electrons. The molecule has 0 unspecified atom stereocenters. The quantitative estimate of drug-likeness (QED) is 0.847. The highest BCUT2D eigenvalue weighted by molar-refractivity contribution is 5.48. The van der Waals surface area contributed by atoms with Crippen molar-refractivity contribution < 1.29 is 0 Å². The topological polar surface area (TPSA) is 28.2 Å². The van der Waals surface area contributed by atoms with Gasteiger partial charge in [-0.25, -0.2) is 4.98 Å². The molecule has 94 valence electrons. The molecule has 1 heterocycles. The lowest BCUT2D eigenvalue weighted by Crippen LogP contribution is -2.23. The Bertz CT molecular complexity index is 383. The summed E-state index contributed by atoms with van der Waals surface area (Å²) in [6, 6.07) is 3.49. The minimum Gasteiger partial charge on any atom is -0.356 e. The van der Waals surface area contributed by atoms with Crippen LogP contribution in [0.4, 0.5) is 5.82 Å². The summed E-state index contributed by atoms with van der Waals surface area (Å²) in [6.45, 7) is 7.38. The zero-order chi connectivity index (χ0) is 12.4. The lowest BCUT2D eigenvalue weighted by molar-refractivity contribution is 0.587. The van der Waals surface area contributed by atoms with E-state index in [2.05, 4.69) is 49.1 Å². The van der Waals surface area contributed by atoms with Crippen molar-refractivity contribution in [2.75, 3.05) is 11.9 Å². The Morgan fingerprint density at radius 3 is 2.71 bits per heavy atom. The van der Waals surface area contributed by atoms with Crippen LogP contribution in [0.5, 0.6) is 0 Å². The van der Waals surface area contributed by atoms with Crippen LogP contribution in [0.3, 0.4) is 0 Å². The maximum atomic E-state index is 4.60. The van der Waals surface area contributed by atoms with Crippen LogP contribution in [0.1, 0.15) is 37.8 Å². The maximum absolute atomic E-state index is 4.60. The molecule has 0 atom stereocenters. The van der Waals surface area contributed by atoms with Crippen LogP contribution in [0.2, 0.25) is 0 Å². The summed E-state index contributed by atoms with van der Waals surface area (Å²) in [6.07, 6.45) is 4.62. The van der Waals surface area contributed by atoms with Gasteiger partial charge in [-0.15, -0.1) is 0 Å². The molecule has 2 rings (SSSR count). The van der Waals surface area contributed by atoms with Crippen LogP contribution in [0.25, 0.3) is 0 Å². The van der Waals surface area contributed by atoms with Crippen LogP contribution in [0.15, 0.2) is 12.3 Å². The van der Waals surface area contributed by atoms with Gasteiger partial charge in [0, 0.05) is 31.9 Å². The molecule has 0 aromatic carbocycles. The number of rotatable bonds is 5. The number of nitrogens with zero attached hydrogens (tertiary/aromatic N) is 2. The predicted octanol–water partition coefficient (Wildman–Crippen LogP) is 2.49. The molecule has 1 aromatic heterocycles. The number of aromatic nitrogens is 1. The van der Waals surface area contributed by atoms with Crippen LogP contribution in [-0.2, 0) is 6.54 Å². The van der Waals surface area contributed by atoms with Gasteiger partial charge >= 0.3 is 0 Å². The van der Waals surface area contributed by atoms with Crippen molar-refractivity contribution in [3.05, 3.63) is 23.4 Å². The SMILES string of the molecule is Cc1cc(CNC(C)C)cnc1N(C)C1CC1. The molecule has 1 fully saturated rings. The molecule has 1 N–H and O–H groups in total. The van der Waals surface area contributed by atoms with E-state index < -0.39 is 0 Å². The zero-order valence-electron chi connectivity index (χ0n) is 11.3. The van der Waals surface area contributed by atoms with E-state index in [1.807, 2.05) is 6.20 Å². The summed E-state index contributed by atoms with van der Waals surface area (Å²) in [7, 11) is 2.15. The van der Waals surface area contributed by atoms with Crippen LogP contribution in [0, 0.1) is 6.92 Å². The molecule has 0 bridgehead atoms. The van der Waals surface area contributed by atoms with E-state index in [-0.39, 0.29) is 0 Å². The molecule has 0 saturated heterocycles. The van der Waals surface area contributed by atoms with Gasteiger partial charge < -0.3 is 10.2 Å². The number of nitrogens with one attached hydrogen (secondary N) is 1. The first-order valence-electron chi connectivity index (χ1n) is 6.49. The van der Waals surface area contributed by atoms with E-state index in [0.717, 1.165) is 18.4 Å². The van der Waals surface area contributed by atoms with Crippen molar-refractivity contribution in [1.82, 2.24) is 10.3 Å². The van der Waals surface area contributed by atoms with Gasteiger partial charge in [-0.05, 0) is 37.0 Å². The Morgan fingerprint density at radius 2 is 2.18 bits per heavy atom. The number of hydrogen-bond acceptors (Lipinski definition) is 3. The molecule has 0 aliphatic heterocycles. The van der Waals surface area contributed by atoms with Gasteiger partial charge in [-0.2, -0.15) is 0 Å². The molecule has 1 aliphatic rings. The summed E-state index contributed by atoms with van der Waals surface area (Å²) >= 11 is 0. The minimum absolute atomic E-state index is 0.518. The summed E-state index contributed by atoms with van der Waals surface area (Å²) in [5, 5.41) is 3.42. The first-order valence-corrected chi connectivity index (χ1v) is 6.49. The normalized spacial score (nSPS) is 15.4. The highest BCUT2D eigenvalue weighted by atomic mass is 15.2. The van der Waals surface area contributed by atoms with Crippen molar-refractivity contribution >= 4 is 5.82 Å². The molecule has 17 heavy (non-hydrogen) atoms. The Morgan fingerprint density at radius 1 is 1.47 bits per heavy atom. The standard InChI is InChI=1S/C14H23N3/c1-10(2)15-8-12-7-11(3)14(16-9-12)17(4)13-5-6-13/h7,9-10,13,15H,5-6,8H2,1-4H3. The molecule has 1 saturated carbocycles. The third-order valence-corrected chi connectivity index (χ3v) is 3.25. The average molecular weight is 233 g/mol. The maximum Gasteiger partial charge on any atom is 0.131 e. The Kier molecular flexibility index (Phi) is 3.67. The molecule has 1 aliphatic carbocycles. The second-order valence-corrected chi connectivity index (χ2v) is 5.36. The van der Waals surface area contributed by atoms with E-state index in [9.17, 15) is 0 Å². The molecule has 3 nitrogen and oxygen atoms in total. The summed E-state index contributed by atoms with van der Waals surface area (Å²) in [5.74, 6) is 1.14. The third kappa shape index (κ3) is 3.19. The van der Waals surface area contributed by atoms with Gasteiger partial charge in [0.15, 0.2) is 0 Å². The second kappa shape index (κ2) is 5.05. The van der Waals surface area contributed by atoms with Gasteiger partial charge in [-0.3, -0.25) is 0 Å². The second-order valence-electron chi connectivity index (χ2n) is 5.36. The fourth-order valence-corrected chi connectivity index (χ4v) is 2.05. The number of hydrogen-bond donors (Lipinski definition) is 1. The lowest BCUT2D eigenvalue weighted by Gasteiger charge is -2.20. The monoisotopic (exact) mass is 233 g/mol. The largest absolute Gasteiger partial charge is 0.356 e. The van der Waals surface area contributed by atoms with Crippen molar-refractivity contribution in [2.24, 2.45) is 0 Å². The van der Waals surface area contributed by atoms with E-state index in [1.54, 1.807) is 0 Å². The summed E-state index contributed by atoms with van der Waals surface area (Å²) in [4.78, 5) is 6.92. The number of aryl methyl sites for hydroxylation is 1. The highest BCUT2D eigenvalue weighted by Gasteiger charge is 2.27. The van der Waals surface area contributed by atoms with E-state index >= 15 is 0 Å². The van der Waals surface area contributed by atoms with Gasteiger partial charge in [0.1, 0.15) is 5.82 Å². The fourth-order valence-electron chi connectivity index (χ4n) is 2.05. The van der Waals surface area contributed by atoms with E-state index in [4.69, 9.17) is 0 Å². The molecule has 3 heteroatoms. The van der Waals surface area contributed by atoms with Crippen molar-refractivity contribution in [3.63, 3.8) is 0 Å². The first-order chi connectivity index (χ1) is 8.08. The Labute approximate surface area is 104 Å². The highest BCUT2D eigenvalue weighted by Crippen LogP contribution is 2.30. The molecule has 0 spiro atoms. The number of anilines is 1.